The number of carbonyl (C=O) groups excluding carboxylic acids is 1. The first kappa shape index (κ1) is 14.0. The Morgan fingerprint density at radius 3 is 2.95 bits per heavy atom. The van der Waals surface area contributed by atoms with Crippen molar-refractivity contribution < 1.29 is 9.53 Å². The lowest BCUT2D eigenvalue weighted by Crippen LogP contribution is -2.50. The smallest absolute Gasteiger partial charge is 0.228 e. The van der Waals surface area contributed by atoms with Gasteiger partial charge >= 0.3 is 0 Å². The number of imidazole rings is 1. The van der Waals surface area contributed by atoms with E-state index in [9.17, 15) is 4.79 Å². The topological polar surface area (TPSA) is 68.2 Å². The minimum absolute atomic E-state index is 0.107. The molecule has 1 aliphatic heterocycles. The number of piperidine rings is 1. The third kappa shape index (κ3) is 3.54. The van der Waals surface area contributed by atoms with Crippen LogP contribution in [0.15, 0.2) is 18.7 Å². The van der Waals surface area contributed by atoms with Gasteiger partial charge in [0.05, 0.1) is 18.3 Å². The summed E-state index contributed by atoms with van der Waals surface area (Å²) < 4.78 is 7.20. The van der Waals surface area contributed by atoms with Gasteiger partial charge in [0, 0.05) is 32.6 Å². The van der Waals surface area contributed by atoms with Crippen LogP contribution in [0, 0.1) is 5.41 Å². The molecule has 1 aliphatic rings. The summed E-state index contributed by atoms with van der Waals surface area (Å²) in [6.45, 7) is 3.60. The first-order valence-corrected chi connectivity index (χ1v) is 6.70. The highest BCUT2D eigenvalue weighted by Gasteiger charge is 2.39. The first-order valence-electron chi connectivity index (χ1n) is 6.70. The molecule has 0 radical (unpaired) electrons. The zero-order valence-electron chi connectivity index (χ0n) is 11.4. The quantitative estimate of drug-likeness (QED) is 0.761. The summed E-state index contributed by atoms with van der Waals surface area (Å²) in [4.78, 5) is 16.4. The lowest BCUT2D eigenvalue weighted by molar-refractivity contribution is -0.136. The lowest BCUT2D eigenvalue weighted by Gasteiger charge is -2.35. The number of nitrogens with one attached hydrogen (secondary N) is 2. The Bertz CT molecular complexity index is 380. The molecule has 6 nitrogen and oxygen atoms in total. The van der Waals surface area contributed by atoms with Gasteiger partial charge in [0.15, 0.2) is 0 Å². The van der Waals surface area contributed by atoms with Gasteiger partial charge in [-0.1, -0.05) is 0 Å². The Labute approximate surface area is 113 Å². The molecule has 0 unspecified atom stereocenters. The molecule has 19 heavy (non-hydrogen) atoms. The summed E-state index contributed by atoms with van der Waals surface area (Å²) in [5.74, 6) is 0.107. The minimum Gasteiger partial charge on any atom is -0.384 e. The fourth-order valence-corrected chi connectivity index (χ4v) is 2.52. The van der Waals surface area contributed by atoms with Gasteiger partial charge in [-0.3, -0.25) is 4.79 Å². The van der Waals surface area contributed by atoms with Crippen molar-refractivity contribution in [1.82, 2.24) is 20.2 Å². The van der Waals surface area contributed by atoms with E-state index in [-0.39, 0.29) is 11.3 Å². The number of amides is 1. The maximum Gasteiger partial charge on any atom is 0.228 e. The van der Waals surface area contributed by atoms with Crippen molar-refractivity contribution in [2.45, 2.75) is 19.4 Å². The van der Waals surface area contributed by atoms with Crippen molar-refractivity contribution in [3.05, 3.63) is 18.7 Å². The highest BCUT2D eigenvalue weighted by atomic mass is 16.5. The number of carbonyl (C=O) groups is 1. The number of rotatable bonds is 6. The summed E-state index contributed by atoms with van der Waals surface area (Å²) in [7, 11) is 1.66. The average molecular weight is 266 g/mol. The fourth-order valence-electron chi connectivity index (χ4n) is 2.52. The van der Waals surface area contributed by atoms with Crippen molar-refractivity contribution in [2.75, 3.05) is 33.4 Å². The zero-order chi connectivity index (χ0) is 13.6. The number of hydrogen-bond donors (Lipinski definition) is 2. The molecule has 1 fully saturated rings. The third-order valence-electron chi connectivity index (χ3n) is 3.68. The molecule has 2 heterocycles. The van der Waals surface area contributed by atoms with Crippen LogP contribution in [-0.4, -0.2) is 48.8 Å². The minimum atomic E-state index is -0.366. The van der Waals surface area contributed by atoms with Crippen molar-refractivity contribution in [1.29, 1.82) is 0 Å². The van der Waals surface area contributed by atoms with Crippen LogP contribution in [0.5, 0.6) is 0 Å². The van der Waals surface area contributed by atoms with Crippen LogP contribution >= 0.6 is 0 Å². The fraction of sp³-hybridized carbons (Fsp3) is 0.692. The van der Waals surface area contributed by atoms with Gasteiger partial charge in [0.1, 0.15) is 0 Å². The molecule has 1 aromatic heterocycles. The molecule has 2 N–H and O–H groups in total. The van der Waals surface area contributed by atoms with Gasteiger partial charge in [0.2, 0.25) is 5.91 Å². The van der Waals surface area contributed by atoms with E-state index in [4.69, 9.17) is 4.74 Å². The predicted octanol–water partition coefficient (Wildman–Crippen LogP) is 0.0155. The monoisotopic (exact) mass is 266 g/mol. The first-order chi connectivity index (χ1) is 9.27. The molecule has 0 aromatic carbocycles. The van der Waals surface area contributed by atoms with E-state index < -0.39 is 0 Å². The zero-order valence-corrected chi connectivity index (χ0v) is 11.4. The van der Waals surface area contributed by atoms with Gasteiger partial charge in [-0.25, -0.2) is 4.98 Å². The average Bonchev–Trinajstić information content (AvgIpc) is 2.93. The van der Waals surface area contributed by atoms with E-state index in [0.717, 1.165) is 32.5 Å². The van der Waals surface area contributed by atoms with E-state index >= 15 is 0 Å². The Hall–Kier alpha value is -1.40. The number of aromatic nitrogens is 2. The van der Waals surface area contributed by atoms with Gasteiger partial charge in [-0.05, 0) is 25.9 Å². The standard InChI is InChI=1S/C13H22N4O2/c1-19-10-13(2-4-14-5-3-13)12(18)16-7-9-17-8-6-15-11-17/h6,8,11,14H,2-5,7,9-10H2,1H3,(H,16,18). The second kappa shape index (κ2) is 6.68. The maximum atomic E-state index is 12.4. The van der Waals surface area contributed by atoms with Crippen LogP contribution in [0.25, 0.3) is 0 Å². The van der Waals surface area contributed by atoms with Crippen LogP contribution in [0.4, 0.5) is 0 Å². The Kier molecular flexibility index (Phi) is 4.93. The molecule has 6 heteroatoms. The molecule has 2 rings (SSSR count). The molecule has 0 atom stereocenters. The van der Waals surface area contributed by atoms with Crippen LogP contribution < -0.4 is 10.6 Å². The third-order valence-corrected chi connectivity index (χ3v) is 3.68. The molecule has 106 valence electrons. The molecule has 1 aromatic rings. The summed E-state index contributed by atoms with van der Waals surface area (Å²) in [5.41, 5.74) is -0.366. The van der Waals surface area contributed by atoms with Gasteiger partial charge in [-0.2, -0.15) is 0 Å². The normalized spacial score (nSPS) is 18.2. The molecule has 0 bridgehead atoms. The highest BCUT2D eigenvalue weighted by Crippen LogP contribution is 2.29. The van der Waals surface area contributed by atoms with E-state index in [0.29, 0.717) is 13.2 Å². The van der Waals surface area contributed by atoms with E-state index in [1.165, 1.54) is 0 Å². The van der Waals surface area contributed by atoms with Crippen molar-refractivity contribution in [2.24, 2.45) is 5.41 Å². The van der Waals surface area contributed by atoms with E-state index in [1.54, 1.807) is 19.6 Å². The molecule has 1 saturated heterocycles. The lowest BCUT2D eigenvalue weighted by atomic mass is 9.78. The predicted molar refractivity (Wildman–Crippen MR) is 71.6 cm³/mol. The summed E-state index contributed by atoms with van der Waals surface area (Å²) in [6.07, 6.45) is 7.04. The van der Waals surface area contributed by atoms with Crippen molar-refractivity contribution in [3.63, 3.8) is 0 Å². The van der Waals surface area contributed by atoms with E-state index in [1.807, 2.05) is 10.8 Å². The molecule has 1 amide bonds. The van der Waals surface area contributed by atoms with Gasteiger partial charge in [-0.15, -0.1) is 0 Å². The van der Waals surface area contributed by atoms with Crippen LogP contribution in [0.2, 0.25) is 0 Å². The van der Waals surface area contributed by atoms with Crippen molar-refractivity contribution in [3.8, 4) is 0 Å². The van der Waals surface area contributed by atoms with Crippen LogP contribution in [-0.2, 0) is 16.1 Å². The Morgan fingerprint density at radius 1 is 1.53 bits per heavy atom. The number of hydrogen-bond acceptors (Lipinski definition) is 4. The second-order valence-corrected chi connectivity index (χ2v) is 5.02. The van der Waals surface area contributed by atoms with Crippen molar-refractivity contribution >= 4 is 5.91 Å². The molecule has 0 spiro atoms. The summed E-state index contributed by atoms with van der Waals surface area (Å²) >= 11 is 0. The number of nitrogens with zero attached hydrogens (tertiary/aromatic N) is 2. The molecule has 0 saturated carbocycles. The molecular formula is C13H22N4O2. The van der Waals surface area contributed by atoms with Gasteiger partial charge in [0.25, 0.3) is 0 Å². The molecular weight excluding hydrogens is 244 g/mol. The van der Waals surface area contributed by atoms with Crippen LogP contribution in [0.3, 0.4) is 0 Å². The Balaban J connectivity index is 1.85. The van der Waals surface area contributed by atoms with E-state index in [2.05, 4.69) is 15.6 Å². The van der Waals surface area contributed by atoms with Gasteiger partial charge < -0.3 is 19.9 Å². The maximum absolute atomic E-state index is 12.4. The molecule has 0 aliphatic carbocycles. The SMILES string of the molecule is COCC1(C(=O)NCCn2ccnc2)CCNCC1. The number of methoxy groups -OCH3 is 1. The summed E-state index contributed by atoms with van der Waals surface area (Å²) in [6, 6.07) is 0. The van der Waals surface area contributed by atoms with Crippen LogP contribution in [0.1, 0.15) is 12.8 Å². The summed E-state index contributed by atoms with van der Waals surface area (Å²) in [5, 5.41) is 6.30. The highest BCUT2D eigenvalue weighted by molar-refractivity contribution is 5.82. The Morgan fingerprint density at radius 2 is 2.32 bits per heavy atom. The second-order valence-electron chi connectivity index (χ2n) is 5.02. The number of ether oxygens (including phenoxy) is 1. The largest absolute Gasteiger partial charge is 0.384 e.